The van der Waals surface area contributed by atoms with Crippen molar-refractivity contribution in [1.29, 1.82) is 0 Å². The van der Waals surface area contributed by atoms with Crippen LogP contribution in [0.2, 0.25) is 0 Å². The number of aromatic amines is 1. The molecule has 0 fully saturated rings. The van der Waals surface area contributed by atoms with Crippen LogP contribution in [-0.2, 0) is 5.41 Å². The first-order valence-corrected chi connectivity index (χ1v) is 6.53. The Kier molecular flexibility index (Phi) is 3.21. The molecule has 2 N–H and O–H groups in total. The van der Waals surface area contributed by atoms with Crippen molar-refractivity contribution in [1.82, 2.24) is 15.2 Å². The van der Waals surface area contributed by atoms with Gasteiger partial charge in [-0.3, -0.25) is 15.2 Å². The van der Waals surface area contributed by atoms with Crippen molar-refractivity contribution in [3.05, 3.63) is 28.5 Å². The number of H-pyrrole nitrogens is 1. The van der Waals surface area contributed by atoms with Crippen LogP contribution in [0, 0.1) is 6.92 Å². The second-order valence-corrected chi connectivity index (χ2v) is 6.04. The van der Waals surface area contributed by atoms with E-state index in [0.717, 1.165) is 11.4 Å². The van der Waals surface area contributed by atoms with Crippen molar-refractivity contribution in [2.24, 2.45) is 0 Å². The Morgan fingerprint density at radius 2 is 2.17 bits per heavy atom. The minimum Gasteiger partial charge on any atom is -0.296 e. The molecule has 2 aromatic rings. The number of hydrogen-bond acceptors (Lipinski definition) is 4. The van der Waals surface area contributed by atoms with E-state index >= 15 is 0 Å². The van der Waals surface area contributed by atoms with Crippen LogP contribution in [-0.4, -0.2) is 21.1 Å². The van der Waals surface area contributed by atoms with Gasteiger partial charge in [-0.2, -0.15) is 5.10 Å². The summed E-state index contributed by atoms with van der Waals surface area (Å²) in [7, 11) is 0. The summed E-state index contributed by atoms with van der Waals surface area (Å²) in [6.45, 7) is 8.12. The number of thiazole rings is 1. The molecule has 0 aromatic carbocycles. The van der Waals surface area contributed by atoms with Gasteiger partial charge in [0.25, 0.3) is 5.91 Å². The third-order valence-corrected chi connectivity index (χ3v) is 3.19. The number of carbonyl (C=O) groups is 1. The maximum Gasteiger partial charge on any atom is 0.277 e. The van der Waals surface area contributed by atoms with Crippen molar-refractivity contribution in [3.63, 3.8) is 0 Å². The van der Waals surface area contributed by atoms with Crippen molar-refractivity contribution in [3.8, 4) is 0 Å². The number of nitrogens with zero attached hydrogens (tertiary/aromatic N) is 2. The van der Waals surface area contributed by atoms with E-state index < -0.39 is 0 Å². The average molecular weight is 264 g/mol. The zero-order valence-electron chi connectivity index (χ0n) is 10.9. The fourth-order valence-corrected chi connectivity index (χ4v) is 2.30. The highest BCUT2D eigenvalue weighted by atomic mass is 32.1. The number of nitrogens with one attached hydrogen (secondary N) is 2. The lowest BCUT2D eigenvalue weighted by Crippen LogP contribution is -2.14. The van der Waals surface area contributed by atoms with E-state index in [2.05, 4.69) is 41.3 Å². The molecule has 0 saturated carbocycles. The van der Waals surface area contributed by atoms with E-state index in [4.69, 9.17) is 0 Å². The molecule has 0 aliphatic rings. The Morgan fingerprint density at radius 1 is 1.44 bits per heavy atom. The monoisotopic (exact) mass is 264 g/mol. The summed E-state index contributed by atoms with van der Waals surface area (Å²) >= 11 is 1.43. The Labute approximate surface area is 110 Å². The minimum absolute atomic E-state index is 0.0115. The topological polar surface area (TPSA) is 70.7 Å². The standard InChI is InChI=1S/C12H16N4OS/c1-7-5-8(16-15-7)10(17)14-11-13-9(6-18-11)12(2,3)4/h5-6H,1-4H3,(H,15,16)(H,13,14,17). The molecule has 6 heteroatoms. The molecule has 0 spiro atoms. The van der Waals surface area contributed by atoms with Crippen molar-refractivity contribution in [2.75, 3.05) is 5.32 Å². The number of hydrogen-bond donors (Lipinski definition) is 2. The number of aryl methyl sites for hydroxylation is 1. The van der Waals surface area contributed by atoms with E-state index in [1.807, 2.05) is 12.3 Å². The summed E-state index contributed by atoms with van der Waals surface area (Å²) in [4.78, 5) is 16.3. The van der Waals surface area contributed by atoms with Crippen molar-refractivity contribution in [2.45, 2.75) is 33.1 Å². The first-order chi connectivity index (χ1) is 8.36. The summed E-state index contributed by atoms with van der Waals surface area (Å²) in [5.74, 6) is -0.242. The minimum atomic E-state index is -0.242. The van der Waals surface area contributed by atoms with Gasteiger partial charge in [-0.05, 0) is 13.0 Å². The predicted molar refractivity (Wildman–Crippen MR) is 72.1 cm³/mol. The second kappa shape index (κ2) is 4.53. The highest BCUT2D eigenvalue weighted by molar-refractivity contribution is 7.14. The van der Waals surface area contributed by atoms with Gasteiger partial charge in [-0.1, -0.05) is 20.8 Å². The van der Waals surface area contributed by atoms with Gasteiger partial charge in [-0.15, -0.1) is 11.3 Å². The maximum atomic E-state index is 11.9. The summed E-state index contributed by atoms with van der Waals surface area (Å²) in [5.41, 5.74) is 2.19. The molecular weight excluding hydrogens is 248 g/mol. The molecule has 2 heterocycles. The van der Waals surface area contributed by atoms with Crippen LogP contribution in [0.15, 0.2) is 11.4 Å². The van der Waals surface area contributed by atoms with Gasteiger partial charge in [0.05, 0.1) is 5.69 Å². The largest absolute Gasteiger partial charge is 0.296 e. The molecule has 2 rings (SSSR count). The van der Waals surface area contributed by atoms with Crippen molar-refractivity contribution >= 4 is 22.4 Å². The van der Waals surface area contributed by atoms with Crippen LogP contribution < -0.4 is 5.32 Å². The third-order valence-electron chi connectivity index (χ3n) is 2.43. The fraction of sp³-hybridized carbons (Fsp3) is 0.417. The Morgan fingerprint density at radius 3 is 2.67 bits per heavy atom. The fourth-order valence-electron chi connectivity index (χ4n) is 1.37. The zero-order chi connectivity index (χ0) is 13.3. The Bertz CT molecular complexity index is 565. The lowest BCUT2D eigenvalue weighted by molar-refractivity contribution is 0.102. The van der Waals surface area contributed by atoms with Crippen LogP contribution in [0.3, 0.4) is 0 Å². The predicted octanol–water partition coefficient (Wildman–Crippen LogP) is 2.72. The van der Waals surface area contributed by atoms with E-state index in [1.165, 1.54) is 11.3 Å². The van der Waals surface area contributed by atoms with Gasteiger partial charge in [0, 0.05) is 16.5 Å². The quantitative estimate of drug-likeness (QED) is 0.876. The molecule has 0 aliphatic heterocycles. The molecule has 0 radical (unpaired) electrons. The molecule has 18 heavy (non-hydrogen) atoms. The van der Waals surface area contributed by atoms with Crippen LogP contribution >= 0.6 is 11.3 Å². The molecule has 0 atom stereocenters. The van der Waals surface area contributed by atoms with Gasteiger partial charge in [0.2, 0.25) is 0 Å². The number of amides is 1. The summed E-state index contributed by atoms with van der Waals surface area (Å²) in [6.07, 6.45) is 0. The highest BCUT2D eigenvalue weighted by Gasteiger charge is 2.18. The number of carbonyl (C=O) groups excluding carboxylic acids is 1. The van der Waals surface area contributed by atoms with Gasteiger partial charge in [-0.25, -0.2) is 4.98 Å². The SMILES string of the molecule is Cc1cc(C(=O)Nc2nc(C(C)(C)C)cs2)n[nH]1. The van der Waals surface area contributed by atoms with Crippen LogP contribution in [0.1, 0.15) is 42.6 Å². The molecular formula is C12H16N4OS. The molecule has 0 aliphatic carbocycles. The second-order valence-electron chi connectivity index (χ2n) is 5.18. The van der Waals surface area contributed by atoms with Crippen LogP contribution in [0.5, 0.6) is 0 Å². The number of anilines is 1. The smallest absolute Gasteiger partial charge is 0.277 e. The molecule has 0 bridgehead atoms. The lowest BCUT2D eigenvalue weighted by atomic mass is 9.93. The Balaban J connectivity index is 2.10. The summed E-state index contributed by atoms with van der Waals surface area (Å²) < 4.78 is 0. The Hall–Kier alpha value is -1.69. The van der Waals surface area contributed by atoms with Crippen LogP contribution in [0.4, 0.5) is 5.13 Å². The molecule has 2 aromatic heterocycles. The number of rotatable bonds is 2. The van der Waals surface area contributed by atoms with Gasteiger partial charge in [0.15, 0.2) is 10.8 Å². The summed E-state index contributed by atoms with van der Waals surface area (Å²) in [6, 6.07) is 1.70. The molecule has 96 valence electrons. The third kappa shape index (κ3) is 2.76. The van der Waals surface area contributed by atoms with E-state index in [9.17, 15) is 4.79 Å². The summed E-state index contributed by atoms with van der Waals surface area (Å²) in [5, 5.41) is 12.0. The van der Waals surface area contributed by atoms with E-state index in [1.54, 1.807) is 6.07 Å². The first kappa shape index (κ1) is 12.8. The van der Waals surface area contributed by atoms with Gasteiger partial charge in [0.1, 0.15) is 0 Å². The molecule has 5 nitrogen and oxygen atoms in total. The lowest BCUT2D eigenvalue weighted by Gasteiger charge is -2.14. The van der Waals surface area contributed by atoms with E-state index in [0.29, 0.717) is 10.8 Å². The molecule has 0 unspecified atom stereocenters. The van der Waals surface area contributed by atoms with Gasteiger partial charge >= 0.3 is 0 Å². The maximum absolute atomic E-state index is 11.9. The van der Waals surface area contributed by atoms with Crippen molar-refractivity contribution < 1.29 is 4.79 Å². The zero-order valence-corrected chi connectivity index (χ0v) is 11.7. The number of aromatic nitrogens is 3. The first-order valence-electron chi connectivity index (χ1n) is 5.65. The van der Waals surface area contributed by atoms with E-state index in [-0.39, 0.29) is 11.3 Å². The van der Waals surface area contributed by atoms with Gasteiger partial charge < -0.3 is 0 Å². The average Bonchev–Trinajstić information content (AvgIpc) is 2.85. The molecule has 0 saturated heterocycles. The normalized spacial score (nSPS) is 11.6. The van der Waals surface area contributed by atoms with Crippen LogP contribution in [0.25, 0.3) is 0 Å². The molecule has 1 amide bonds. The highest BCUT2D eigenvalue weighted by Crippen LogP contribution is 2.26.